The Morgan fingerprint density at radius 3 is 2.62 bits per heavy atom. The van der Waals surface area contributed by atoms with E-state index >= 15 is 0 Å². The summed E-state index contributed by atoms with van der Waals surface area (Å²) in [6.45, 7) is 2.17. The molecule has 0 unspecified atom stereocenters. The highest BCUT2D eigenvalue weighted by molar-refractivity contribution is 6.02. The fourth-order valence-electron chi connectivity index (χ4n) is 3.16. The van der Waals surface area contributed by atoms with Crippen molar-refractivity contribution in [2.45, 2.75) is 38.6 Å². The smallest absolute Gasteiger partial charge is 0.291 e. The summed E-state index contributed by atoms with van der Waals surface area (Å²) >= 11 is 0. The van der Waals surface area contributed by atoms with E-state index in [1.54, 1.807) is 36.4 Å². The number of anilines is 1. The first kappa shape index (κ1) is 18.0. The van der Waals surface area contributed by atoms with Crippen LogP contribution >= 0.6 is 0 Å². The first-order valence-electron chi connectivity index (χ1n) is 8.99. The highest BCUT2D eigenvalue weighted by Gasteiger charge is 2.22. The maximum absolute atomic E-state index is 12.1. The Balaban J connectivity index is 1.45. The Labute approximate surface area is 152 Å². The van der Waals surface area contributed by atoms with Gasteiger partial charge in [0.05, 0.1) is 6.26 Å². The molecule has 1 saturated carbocycles. The topological polar surface area (TPSA) is 80.6 Å². The SMILES string of the molecule is C[C@@H]1CCCC[C@H]1NC(=O)COc1ccc(NC(=O)c2ccco2)cc1. The summed E-state index contributed by atoms with van der Waals surface area (Å²) in [4.78, 5) is 24.0. The number of hydrogen-bond acceptors (Lipinski definition) is 4. The lowest BCUT2D eigenvalue weighted by Gasteiger charge is -2.29. The molecule has 1 heterocycles. The van der Waals surface area contributed by atoms with Gasteiger partial charge in [0.2, 0.25) is 0 Å². The lowest BCUT2D eigenvalue weighted by Crippen LogP contribution is -2.43. The average molecular weight is 356 g/mol. The Hall–Kier alpha value is -2.76. The maximum atomic E-state index is 12.1. The van der Waals surface area contributed by atoms with Crippen molar-refractivity contribution in [2.24, 2.45) is 5.92 Å². The van der Waals surface area contributed by atoms with Crippen LogP contribution in [-0.4, -0.2) is 24.5 Å². The van der Waals surface area contributed by atoms with Crippen molar-refractivity contribution in [1.29, 1.82) is 0 Å². The van der Waals surface area contributed by atoms with Crippen molar-refractivity contribution >= 4 is 17.5 Å². The molecule has 2 N–H and O–H groups in total. The molecule has 1 aromatic carbocycles. The fourth-order valence-corrected chi connectivity index (χ4v) is 3.16. The minimum atomic E-state index is -0.315. The third-order valence-corrected chi connectivity index (χ3v) is 4.68. The molecule has 1 aromatic heterocycles. The highest BCUT2D eigenvalue weighted by Crippen LogP contribution is 2.23. The number of carbonyl (C=O) groups excluding carboxylic acids is 2. The number of nitrogens with one attached hydrogen (secondary N) is 2. The zero-order chi connectivity index (χ0) is 18.4. The number of furan rings is 1. The van der Waals surface area contributed by atoms with Crippen molar-refractivity contribution < 1.29 is 18.7 Å². The molecular formula is C20H24N2O4. The first-order valence-corrected chi connectivity index (χ1v) is 8.99. The number of ether oxygens (including phenoxy) is 1. The van der Waals surface area contributed by atoms with Crippen LogP contribution in [0.15, 0.2) is 47.1 Å². The second-order valence-electron chi connectivity index (χ2n) is 6.68. The Bertz CT molecular complexity index is 725. The molecule has 1 fully saturated rings. The summed E-state index contributed by atoms with van der Waals surface area (Å²) in [7, 11) is 0. The van der Waals surface area contributed by atoms with E-state index in [9.17, 15) is 9.59 Å². The fraction of sp³-hybridized carbons (Fsp3) is 0.400. The van der Waals surface area contributed by atoms with Crippen molar-refractivity contribution in [2.75, 3.05) is 11.9 Å². The van der Waals surface area contributed by atoms with Crippen molar-refractivity contribution in [1.82, 2.24) is 5.32 Å². The molecule has 0 saturated heterocycles. The molecule has 6 nitrogen and oxygen atoms in total. The number of rotatable bonds is 6. The number of carbonyl (C=O) groups is 2. The first-order chi connectivity index (χ1) is 12.6. The lowest BCUT2D eigenvalue weighted by molar-refractivity contribution is -0.124. The summed E-state index contributed by atoms with van der Waals surface area (Å²) in [6, 6.07) is 10.4. The molecular weight excluding hydrogens is 332 g/mol. The number of hydrogen-bond donors (Lipinski definition) is 2. The monoisotopic (exact) mass is 356 g/mol. The standard InChI is InChI=1S/C20H24N2O4/c1-14-5-2-3-6-17(14)22-19(23)13-26-16-10-8-15(9-11-16)21-20(24)18-7-4-12-25-18/h4,7-12,14,17H,2-3,5-6,13H2,1H3,(H,21,24)(H,22,23)/t14-,17-/m1/s1. The van der Waals surface area contributed by atoms with E-state index in [4.69, 9.17) is 9.15 Å². The van der Waals surface area contributed by atoms with E-state index in [1.165, 1.54) is 19.1 Å². The van der Waals surface area contributed by atoms with Gasteiger partial charge in [0.25, 0.3) is 11.8 Å². The molecule has 0 aliphatic heterocycles. The van der Waals surface area contributed by atoms with Gasteiger partial charge in [-0.3, -0.25) is 9.59 Å². The average Bonchev–Trinajstić information content (AvgIpc) is 3.18. The van der Waals surface area contributed by atoms with Crippen LogP contribution in [0.25, 0.3) is 0 Å². The predicted octanol–water partition coefficient (Wildman–Crippen LogP) is 3.61. The minimum absolute atomic E-state index is 0.0126. The van der Waals surface area contributed by atoms with Crippen molar-refractivity contribution in [3.05, 3.63) is 48.4 Å². The largest absolute Gasteiger partial charge is 0.484 e. The second kappa shape index (κ2) is 8.56. The van der Waals surface area contributed by atoms with Crippen LogP contribution in [0.2, 0.25) is 0 Å². The molecule has 2 amide bonds. The number of benzene rings is 1. The molecule has 6 heteroatoms. The molecule has 0 radical (unpaired) electrons. The summed E-state index contributed by atoms with van der Waals surface area (Å²) < 4.78 is 10.6. The summed E-state index contributed by atoms with van der Waals surface area (Å²) in [6.07, 6.45) is 6.06. The van der Waals surface area contributed by atoms with E-state index < -0.39 is 0 Å². The maximum Gasteiger partial charge on any atom is 0.291 e. The Morgan fingerprint density at radius 2 is 1.92 bits per heavy atom. The van der Waals surface area contributed by atoms with Gasteiger partial charge < -0.3 is 19.8 Å². The normalized spacial score (nSPS) is 19.6. The molecule has 0 spiro atoms. The van der Waals surface area contributed by atoms with Crippen LogP contribution in [0.5, 0.6) is 5.75 Å². The van der Waals surface area contributed by atoms with Crippen LogP contribution in [-0.2, 0) is 4.79 Å². The van der Waals surface area contributed by atoms with Gasteiger partial charge in [0, 0.05) is 11.7 Å². The summed E-state index contributed by atoms with van der Waals surface area (Å²) in [5.74, 6) is 0.931. The molecule has 3 rings (SSSR count). The molecule has 1 aliphatic carbocycles. The minimum Gasteiger partial charge on any atom is -0.484 e. The third kappa shape index (κ3) is 4.88. The van der Waals surface area contributed by atoms with Gasteiger partial charge in [-0.05, 0) is 55.2 Å². The Kier molecular flexibility index (Phi) is 5.94. The van der Waals surface area contributed by atoms with Gasteiger partial charge in [-0.1, -0.05) is 19.8 Å². The van der Waals surface area contributed by atoms with Crippen molar-refractivity contribution in [3.8, 4) is 5.75 Å². The molecule has 1 aliphatic rings. The van der Waals surface area contributed by atoms with E-state index in [-0.39, 0.29) is 30.2 Å². The van der Waals surface area contributed by atoms with E-state index in [0.29, 0.717) is 17.4 Å². The van der Waals surface area contributed by atoms with Crippen LogP contribution in [0.1, 0.15) is 43.2 Å². The van der Waals surface area contributed by atoms with Gasteiger partial charge in [0.15, 0.2) is 12.4 Å². The van der Waals surface area contributed by atoms with Gasteiger partial charge >= 0.3 is 0 Å². The van der Waals surface area contributed by atoms with Crippen LogP contribution in [0.4, 0.5) is 5.69 Å². The van der Waals surface area contributed by atoms with Crippen molar-refractivity contribution in [3.63, 3.8) is 0 Å². The molecule has 2 atom stereocenters. The van der Waals surface area contributed by atoms with Gasteiger partial charge in [0.1, 0.15) is 5.75 Å². The molecule has 2 aromatic rings. The third-order valence-electron chi connectivity index (χ3n) is 4.68. The van der Waals surface area contributed by atoms with Crippen LogP contribution < -0.4 is 15.4 Å². The predicted molar refractivity (Wildman–Crippen MR) is 98.2 cm³/mol. The van der Waals surface area contributed by atoms with Gasteiger partial charge in [-0.25, -0.2) is 0 Å². The van der Waals surface area contributed by atoms with E-state index in [2.05, 4.69) is 17.6 Å². The second-order valence-corrected chi connectivity index (χ2v) is 6.68. The summed E-state index contributed by atoms with van der Waals surface area (Å²) in [5.41, 5.74) is 0.624. The highest BCUT2D eigenvalue weighted by atomic mass is 16.5. The van der Waals surface area contributed by atoms with Gasteiger partial charge in [-0.2, -0.15) is 0 Å². The van der Waals surface area contributed by atoms with Crippen LogP contribution in [0.3, 0.4) is 0 Å². The zero-order valence-corrected chi connectivity index (χ0v) is 14.9. The van der Waals surface area contributed by atoms with Gasteiger partial charge in [-0.15, -0.1) is 0 Å². The van der Waals surface area contributed by atoms with E-state index in [0.717, 1.165) is 12.8 Å². The van der Waals surface area contributed by atoms with E-state index in [1.807, 2.05) is 0 Å². The molecule has 0 bridgehead atoms. The molecule has 138 valence electrons. The molecule has 26 heavy (non-hydrogen) atoms. The quantitative estimate of drug-likeness (QED) is 0.829. The lowest BCUT2D eigenvalue weighted by atomic mass is 9.86. The van der Waals surface area contributed by atoms with Crippen LogP contribution in [0, 0.1) is 5.92 Å². The Morgan fingerprint density at radius 1 is 1.15 bits per heavy atom. The zero-order valence-electron chi connectivity index (χ0n) is 14.9. The summed E-state index contributed by atoms with van der Waals surface area (Å²) in [5, 5.41) is 5.79. The number of amides is 2.